The summed E-state index contributed by atoms with van der Waals surface area (Å²) in [7, 11) is -3.94. The molecule has 0 unspecified atom stereocenters. The number of aliphatic hydroxyl groups excluding tert-OH is 1. The molecule has 0 saturated carbocycles. The molecule has 0 heterocycles. The average molecular weight is 304 g/mol. The summed E-state index contributed by atoms with van der Waals surface area (Å²) >= 11 is 0. The lowest BCUT2D eigenvalue weighted by Crippen LogP contribution is -2.13. The van der Waals surface area contributed by atoms with E-state index in [1.165, 1.54) is 6.07 Å². The van der Waals surface area contributed by atoms with Gasteiger partial charge >= 0.3 is 10.1 Å². The van der Waals surface area contributed by atoms with E-state index in [2.05, 4.69) is 9.22 Å². The van der Waals surface area contributed by atoms with Crippen LogP contribution in [-0.2, 0) is 30.5 Å². The van der Waals surface area contributed by atoms with E-state index in [1.807, 2.05) is 13.8 Å². The Kier molecular flexibility index (Phi) is 7.11. The lowest BCUT2D eigenvalue weighted by molar-refractivity contribution is -0.210. The zero-order valence-corrected chi connectivity index (χ0v) is 12.5. The molecule has 1 aromatic carbocycles. The molecule has 1 aromatic rings. The summed E-state index contributed by atoms with van der Waals surface area (Å²) in [5.74, 6) is 0. The van der Waals surface area contributed by atoms with Gasteiger partial charge in [-0.1, -0.05) is 24.6 Å². The number of rotatable bonds is 9. The van der Waals surface area contributed by atoms with Crippen molar-refractivity contribution >= 4 is 10.1 Å². The largest absolute Gasteiger partial charge is 0.394 e. The van der Waals surface area contributed by atoms with Gasteiger partial charge in [0.05, 0.1) is 24.7 Å². The van der Waals surface area contributed by atoms with Crippen molar-refractivity contribution in [1.29, 1.82) is 0 Å². The van der Waals surface area contributed by atoms with E-state index in [4.69, 9.17) is 9.84 Å². The highest BCUT2D eigenvalue weighted by Crippen LogP contribution is 2.20. The van der Waals surface area contributed by atoms with Crippen molar-refractivity contribution in [2.75, 3.05) is 26.4 Å². The second kappa shape index (κ2) is 8.33. The fourth-order valence-electron chi connectivity index (χ4n) is 1.62. The molecule has 0 spiro atoms. The first-order valence-electron chi connectivity index (χ1n) is 6.35. The van der Waals surface area contributed by atoms with E-state index in [0.29, 0.717) is 12.0 Å². The van der Waals surface area contributed by atoms with Crippen molar-refractivity contribution in [2.45, 2.75) is 25.2 Å². The number of benzene rings is 1. The Labute approximate surface area is 119 Å². The average Bonchev–Trinajstić information content (AvgIpc) is 2.42. The Balaban J connectivity index is 2.60. The summed E-state index contributed by atoms with van der Waals surface area (Å²) in [6.07, 6.45) is 0.583. The summed E-state index contributed by atoms with van der Waals surface area (Å²) in [5, 5.41) is 8.49. The first-order valence-corrected chi connectivity index (χ1v) is 7.76. The van der Waals surface area contributed by atoms with Gasteiger partial charge in [-0.25, -0.2) is 4.89 Å². The summed E-state index contributed by atoms with van der Waals surface area (Å²) in [4.78, 5) is 4.75. The van der Waals surface area contributed by atoms with Crippen molar-refractivity contribution in [3.8, 4) is 0 Å². The van der Waals surface area contributed by atoms with Gasteiger partial charge in [-0.3, -0.25) is 0 Å². The fourth-order valence-corrected chi connectivity index (χ4v) is 2.65. The highest BCUT2D eigenvalue weighted by Gasteiger charge is 2.20. The fraction of sp³-hybridized carbons (Fsp3) is 0.538. The highest BCUT2D eigenvalue weighted by atomic mass is 32.2. The Morgan fingerprint density at radius 1 is 1.20 bits per heavy atom. The lowest BCUT2D eigenvalue weighted by atomic mass is 10.1. The van der Waals surface area contributed by atoms with Crippen molar-refractivity contribution < 1.29 is 27.5 Å². The van der Waals surface area contributed by atoms with Gasteiger partial charge in [0.1, 0.15) is 6.61 Å². The van der Waals surface area contributed by atoms with Crippen molar-refractivity contribution in [2.24, 2.45) is 0 Å². The van der Waals surface area contributed by atoms with E-state index in [1.54, 1.807) is 12.1 Å². The Morgan fingerprint density at radius 2 is 1.95 bits per heavy atom. The van der Waals surface area contributed by atoms with Crippen molar-refractivity contribution in [3.63, 3.8) is 0 Å². The molecule has 0 radical (unpaired) electrons. The van der Waals surface area contributed by atoms with Crippen molar-refractivity contribution in [3.05, 3.63) is 29.3 Å². The standard InChI is InChI=1S/C13H20O6S/c1-3-12-10-11(2)4-5-13(12)20(15,16)19-18-9-8-17-7-6-14/h4-5,10,14H,3,6-9H2,1-2H3. The highest BCUT2D eigenvalue weighted by molar-refractivity contribution is 7.86. The van der Waals surface area contributed by atoms with Crippen LogP contribution >= 0.6 is 0 Å². The maximum absolute atomic E-state index is 12.0. The molecule has 0 fully saturated rings. The molecule has 1 rings (SSSR count). The van der Waals surface area contributed by atoms with Crippen LogP contribution in [0.3, 0.4) is 0 Å². The van der Waals surface area contributed by atoms with Gasteiger partial charge in [0.15, 0.2) is 0 Å². The molecule has 0 aliphatic carbocycles. The third-order valence-electron chi connectivity index (χ3n) is 2.55. The van der Waals surface area contributed by atoms with Crippen LogP contribution in [-0.4, -0.2) is 40.0 Å². The Hall–Kier alpha value is -0.990. The first-order chi connectivity index (χ1) is 9.51. The number of hydrogen-bond acceptors (Lipinski definition) is 6. The molecule has 0 bridgehead atoms. The van der Waals surface area contributed by atoms with Gasteiger partial charge in [0, 0.05) is 0 Å². The second-order valence-electron chi connectivity index (χ2n) is 4.14. The second-order valence-corrected chi connectivity index (χ2v) is 5.63. The topological polar surface area (TPSA) is 82.1 Å². The zero-order chi connectivity index (χ0) is 15.0. The maximum Gasteiger partial charge on any atom is 0.323 e. The summed E-state index contributed by atoms with van der Waals surface area (Å²) in [5.41, 5.74) is 1.67. The minimum absolute atomic E-state index is 0.0352. The molecule has 7 heteroatoms. The molecular formula is C13H20O6S. The molecule has 20 heavy (non-hydrogen) atoms. The van der Waals surface area contributed by atoms with E-state index >= 15 is 0 Å². The minimum Gasteiger partial charge on any atom is -0.394 e. The van der Waals surface area contributed by atoms with Crippen LogP contribution < -0.4 is 0 Å². The first kappa shape index (κ1) is 17.1. The number of aryl methyl sites for hydroxylation is 2. The molecular weight excluding hydrogens is 284 g/mol. The van der Waals surface area contributed by atoms with Crippen LogP contribution in [0.4, 0.5) is 0 Å². The van der Waals surface area contributed by atoms with Crippen LogP contribution in [0.15, 0.2) is 23.1 Å². The van der Waals surface area contributed by atoms with Gasteiger partial charge in [0.2, 0.25) is 0 Å². The van der Waals surface area contributed by atoms with Gasteiger partial charge in [-0.2, -0.15) is 8.42 Å². The quantitative estimate of drug-likeness (QED) is 0.419. The van der Waals surface area contributed by atoms with Crippen LogP contribution in [0.25, 0.3) is 0 Å². The molecule has 0 aromatic heterocycles. The van der Waals surface area contributed by atoms with Crippen LogP contribution in [0.1, 0.15) is 18.1 Å². The normalized spacial score (nSPS) is 11.8. The summed E-state index contributed by atoms with van der Waals surface area (Å²) in [6, 6.07) is 5.02. The minimum atomic E-state index is -3.94. The molecule has 0 aliphatic rings. The van der Waals surface area contributed by atoms with Crippen LogP contribution in [0.5, 0.6) is 0 Å². The molecule has 0 atom stereocenters. The van der Waals surface area contributed by atoms with Crippen LogP contribution in [0.2, 0.25) is 0 Å². The van der Waals surface area contributed by atoms with Crippen LogP contribution in [0, 0.1) is 6.92 Å². The molecule has 0 saturated heterocycles. The number of aliphatic hydroxyl groups is 1. The third-order valence-corrected chi connectivity index (χ3v) is 3.76. The SMILES string of the molecule is CCc1cc(C)ccc1S(=O)(=O)OOCCOCCO. The summed E-state index contributed by atoms with van der Waals surface area (Å²) in [6.45, 7) is 3.95. The Bertz CT molecular complexity index is 512. The van der Waals surface area contributed by atoms with Gasteiger partial charge in [-0.05, 0) is 25.0 Å². The predicted molar refractivity (Wildman–Crippen MR) is 72.7 cm³/mol. The van der Waals surface area contributed by atoms with E-state index in [9.17, 15) is 8.42 Å². The molecule has 1 N–H and O–H groups in total. The Morgan fingerprint density at radius 3 is 2.60 bits per heavy atom. The number of ether oxygens (including phenoxy) is 1. The van der Waals surface area contributed by atoms with Gasteiger partial charge in [0.25, 0.3) is 0 Å². The maximum atomic E-state index is 12.0. The smallest absolute Gasteiger partial charge is 0.323 e. The van der Waals surface area contributed by atoms with E-state index in [-0.39, 0.29) is 31.3 Å². The monoisotopic (exact) mass is 304 g/mol. The number of hydrogen-bond donors (Lipinski definition) is 1. The molecule has 114 valence electrons. The third kappa shape index (κ3) is 5.18. The molecule has 0 aliphatic heterocycles. The van der Waals surface area contributed by atoms with E-state index < -0.39 is 10.1 Å². The molecule has 6 nitrogen and oxygen atoms in total. The summed E-state index contributed by atoms with van der Waals surface area (Å²) < 4.78 is 33.4. The predicted octanol–water partition coefficient (Wildman–Crippen LogP) is 1.20. The zero-order valence-electron chi connectivity index (χ0n) is 11.7. The van der Waals surface area contributed by atoms with Gasteiger partial charge < -0.3 is 9.84 Å². The van der Waals surface area contributed by atoms with Gasteiger partial charge in [-0.15, -0.1) is 4.33 Å². The lowest BCUT2D eigenvalue weighted by Gasteiger charge is -2.09. The molecule has 0 amide bonds. The van der Waals surface area contributed by atoms with E-state index in [0.717, 1.165) is 5.56 Å². The van der Waals surface area contributed by atoms with Crippen molar-refractivity contribution in [1.82, 2.24) is 0 Å².